The van der Waals surface area contributed by atoms with Crippen LogP contribution in [-0.4, -0.2) is 17.3 Å². The smallest absolute Gasteiger partial charge is 0.253 e. The molecule has 0 saturated carbocycles. The fraction of sp³-hybridized carbons (Fsp3) is 0.385. The molecule has 0 spiro atoms. The van der Waals surface area contributed by atoms with Crippen LogP contribution in [0.1, 0.15) is 26.3 Å². The van der Waals surface area contributed by atoms with Crippen LogP contribution in [0.5, 0.6) is 0 Å². The van der Waals surface area contributed by atoms with Gasteiger partial charge in [0, 0.05) is 10.0 Å². The van der Waals surface area contributed by atoms with E-state index in [1.165, 1.54) is 0 Å². The molecule has 1 aromatic rings. The first-order valence-corrected chi connectivity index (χ1v) is 6.40. The van der Waals surface area contributed by atoms with Gasteiger partial charge in [-0.25, -0.2) is 0 Å². The summed E-state index contributed by atoms with van der Waals surface area (Å²) >= 11 is 3.47. The van der Waals surface area contributed by atoms with E-state index in [1.807, 2.05) is 45.0 Å². The van der Waals surface area contributed by atoms with Crippen LogP contribution in [-0.2, 0) is 4.79 Å². The second-order valence-corrected chi connectivity index (χ2v) is 5.55. The molecule has 17 heavy (non-hydrogen) atoms. The molecular weight excluding hydrogens is 280 g/mol. The minimum Gasteiger partial charge on any atom is -0.308 e. The highest BCUT2D eigenvalue weighted by Gasteiger charge is 2.42. The summed E-state index contributed by atoms with van der Waals surface area (Å²) in [4.78, 5) is 16.5. The van der Waals surface area contributed by atoms with E-state index in [4.69, 9.17) is 0 Å². The normalized spacial score (nSPS) is 23.8. The minimum absolute atomic E-state index is 0.0294. The summed E-state index contributed by atoms with van der Waals surface area (Å²) in [5.74, 6) is 0.791. The zero-order valence-electron chi connectivity index (χ0n) is 10.1. The van der Waals surface area contributed by atoms with Crippen molar-refractivity contribution < 1.29 is 4.79 Å². The van der Waals surface area contributed by atoms with Crippen molar-refractivity contribution in [2.75, 3.05) is 0 Å². The molecule has 4 heteroatoms. The summed E-state index contributed by atoms with van der Waals surface area (Å²) in [6.45, 7) is 5.88. The highest BCUT2D eigenvalue weighted by atomic mass is 79.9. The maximum absolute atomic E-state index is 12.0. The number of amides is 1. The largest absolute Gasteiger partial charge is 0.308 e. The number of hydrogen-bond donors (Lipinski definition) is 1. The molecule has 0 saturated heterocycles. The van der Waals surface area contributed by atoms with Gasteiger partial charge in [-0.05, 0) is 18.9 Å². The number of rotatable bonds is 2. The first-order valence-electron chi connectivity index (χ1n) is 5.61. The number of halogens is 1. The molecule has 3 nitrogen and oxygen atoms in total. The van der Waals surface area contributed by atoms with Gasteiger partial charge in [-0.1, -0.05) is 48.0 Å². The Morgan fingerprint density at radius 1 is 1.35 bits per heavy atom. The molecule has 0 radical (unpaired) electrons. The molecule has 0 bridgehead atoms. The highest BCUT2D eigenvalue weighted by molar-refractivity contribution is 9.10. The van der Waals surface area contributed by atoms with Crippen molar-refractivity contribution in [1.29, 1.82) is 0 Å². The monoisotopic (exact) mass is 294 g/mol. The average molecular weight is 295 g/mol. The molecule has 1 atom stereocenters. The van der Waals surface area contributed by atoms with Gasteiger partial charge in [0.15, 0.2) is 0 Å². The molecule has 0 fully saturated rings. The lowest BCUT2D eigenvalue weighted by Gasteiger charge is -2.21. The molecule has 1 heterocycles. The fourth-order valence-electron chi connectivity index (χ4n) is 1.72. The third-order valence-electron chi connectivity index (χ3n) is 3.29. The summed E-state index contributed by atoms with van der Waals surface area (Å²) in [6, 6.07) is 7.75. The number of hydrogen-bond acceptors (Lipinski definition) is 2. The first kappa shape index (κ1) is 12.3. The predicted molar refractivity (Wildman–Crippen MR) is 72.1 cm³/mol. The number of carbonyl (C=O) groups is 1. The lowest BCUT2D eigenvalue weighted by Crippen LogP contribution is -2.41. The van der Waals surface area contributed by atoms with Gasteiger partial charge in [0.2, 0.25) is 0 Å². The molecule has 0 aromatic heterocycles. The van der Waals surface area contributed by atoms with Crippen LogP contribution in [0, 0.1) is 5.92 Å². The van der Waals surface area contributed by atoms with Crippen LogP contribution in [0.4, 0.5) is 0 Å². The maximum Gasteiger partial charge on any atom is 0.253 e. The molecule has 90 valence electrons. The molecule has 1 aliphatic rings. The zero-order chi connectivity index (χ0) is 12.6. The Hall–Kier alpha value is -1.16. The van der Waals surface area contributed by atoms with E-state index >= 15 is 0 Å². The molecule has 0 aliphatic carbocycles. The van der Waals surface area contributed by atoms with Crippen molar-refractivity contribution in [2.24, 2.45) is 10.9 Å². The molecular formula is C13H15BrN2O. The third kappa shape index (κ3) is 2.02. The minimum atomic E-state index is -0.662. The van der Waals surface area contributed by atoms with Crippen LogP contribution in [0.2, 0.25) is 0 Å². The number of nitrogens with one attached hydrogen (secondary N) is 1. The Balaban J connectivity index is 2.44. The van der Waals surface area contributed by atoms with Crippen molar-refractivity contribution >= 4 is 27.7 Å². The zero-order valence-corrected chi connectivity index (χ0v) is 11.7. The highest BCUT2D eigenvalue weighted by Crippen LogP contribution is 2.28. The van der Waals surface area contributed by atoms with Crippen LogP contribution in [0.25, 0.3) is 0 Å². The first-order chi connectivity index (χ1) is 7.95. The van der Waals surface area contributed by atoms with Crippen molar-refractivity contribution in [2.45, 2.75) is 26.3 Å². The van der Waals surface area contributed by atoms with Gasteiger partial charge < -0.3 is 5.32 Å². The Kier molecular flexibility index (Phi) is 3.08. The Labute approximate surface area is 109 Å². The number of carbonyl (C=O) groups excluding carboxylic acids is 1. The van der Waals surface area contributed by atoms with E-state index in [1.54, 1.807) is 0 Å². The van der Waals surface area contributed by atoms with E-state index in [-0.39, 0.29) is 11.8 Å². The van der Waals surface area contributed by atoms with Crippen molar-refractivity contribution in [1.82, 2.24) is 5.32 Å². The van der Waals surface area contributed by atoms with E-state index < -0.39 is 5.54 Å². The van der Waals surface area contributed by atoms with Gasteiger partial charge in [-0.3, -0.25) is 9.79 Å². The van der Waals surface area contributed by atoms with Crippen molar-refractivity contribution in [3.63, 3.8) is 0 Å². The molecule has 0 unspecified atom stereocenters. The number of benzene rings is 1. The molecule has 1 N–H and O–H groups in total. The number of nitrogens with zero attached hydrogens (tertiary/aromatic N) is 1. The summed E-state index contributed by atoms with van der Waals surface area (Å²) in [5.41, 5.74) is 0.259. The van der Waals surface area contributed by atoms with Crippen LogP contribution < -0.4 is 5.32 Å². The van der Waals surface area contributed by atoms with E-state index in [0.29, 0.717) is 5.84 Å². The second-order valence-electron chi connectivity index (χ2n) is 4.70. The number of aliphatic imine (C=N–C) groups is 1. The van der Waals surface area contributed by atoms with Gasteiger partial charge in [0.05, 0.1) is 0 Å². The molecule has 1 aromatic carbocycles. The van der Waals surface area contributed by atoms with Crippen LogP contribution in [0.3, 0.4) is 0 Å². The molecule has 1 aliphatic heterocycles. The van der Waals surface area contributed by atoms with E-state index in [0.717, 1.165) is 10.0 Å². The third-order valence-corrected chi connectivity index (χ3v) is 3.98. The molecule has 1 amide bonds. The van der Waals surface area contributed by atoms with Crippen LogP contribution >= 0.6 is 15.9 Å². The van der Waals surface area contributed by atoms with Gasteiger partial charge >= 0.3 is 0 Å². The second kappa shape index (κ2) is 4.26. The van der Waals surface area contributed by atoms with Gasteiger partial charge in [-0.2, -0.15) is 0 Å². The predicted octanol–water partition coefficient (Wildman–Crippen LogP) is 2.74. The Morgan fingerprint density at radius 3 is 2.53 bits per heavy atom. The van der Waals surface area contributed by atoms with E-state index in [9.17, 15) is 4.79 Å². The van der Waals surface area contributed by atoms with Gasteiger partial charge in [0.1, 0.15) is 11.4 Å². The Morgan fingerprint density at radius 2 is 2.00 bits per heavy atom. The topological polar surface area (TPSA) is 41.5 Å². The van der Waals surface area contributed by atoms with Crippen molar-refractivity contribution in [3.8, 4) is 0 Å². The standard InChI is InChI=1S/C13H15BrN2O/c1-8(2)13(3)12(17)15-11(16-13)9-6-4-5-7-10(9)14/h4-8H,1-3H3,(H,15,16,17)/t13-/m1/s1. The lowest BCUT2D eigenvalue weighted by molar-refractivity contribution is -0.124. The van der Waals surface area contributed by atoms with Gasteiger partial charge in [0.25, 0.3) is 5.91 Å². The average Bonchev–Trinajstić information content (AvgIpc) is 2.57. The number of amidine groups is 1. The SMILES string of the molecule is CC(C)[C@@]1(C)N=C(c2ccccc2Br)NC1=O. The maximum atomic E-state index is 12.0. The summed E-state index contributed by atoms with van der Waals surface area (Å²) in [7, 11) is 0. The fourth-order valence-corrected chi connectivity index (χ4v) is 2.19. The Bertz CT molecular complexity index is 496. The van der Waals surface area contributed by atoms with Crippen molar-refractivity contribution in [3.05, 3.63) is 34.3 Å². The van der Waals surface area contributed by atoms with E-state index in [2.05, 4.69) is 26.2 Å². The summed E-state index contributed by atoms with van der Waals surface area (Å²) < 4.78 is 0.937. The van der Waals surface area contributed by atoms with Crippen LogP contribution in [0.15, 0.2) is 33.7 Å². The van der Waals surface area contributed by atoms with Gasteiger partial charge in [-0.15, -0.1) is 0 Å². The summed E-state index contributed by atoms with van der Waals surface area (Å²) in [6.07, 6.45) is 0. The quantitative estimate of drug-likeness (QED) is 0.895. The lowest BCUT2D eigenvalue weighted by atomic mass is 9.89. The summed E-state index contributed by atoms with van der Waals surface area (Å²) in [5, 5.41) is 2.86. The molecule has 2 rings (SSSR count).